The SMILES string of the molecule is C[C@H](Sc1nccn1-c1cccc(Cl)c1)C(=O)N(C)C. The summed E-state index contributed by atoms with van der Waals surface area (Å²) in [5.41, 5.74) is 0.932. The summed E-state index contributed by atoms with van der Waals surface area (Å²) < 4.78 is 1.93. The Morgan fingerprint density at radius 3 is 2.85 bits per heavy atom. The number of hydrogen-bond donors (Lipinski definition) is 0. The molecule has 0 aliphatic rings. The number of hydrogen-bond acceptors (Lipinski definition) is 3. The maximum atomic E-state index is 11.9. The molecule has 0 saturated heterocycles. The first-order valence-corrected chi connectivity index (χ1v) is 7.42. The molecule has 0 saturated carbocycles. The highest BCUT2D eigenvalue weighted by atomic mass is 35.5. The van der Waals surface area contributed by atoms with Crippen LogP contribution >= 0.6 is 23.4 Å². The lowest BCUT2D eigenvalue weighted by Gasteiger charge is -2.16. The van der Waals surface area contributed by atoms with Crippen molar-refractivity contribution in [2.45, 2.75) is 17.3 Å². The van der Waals surface area contributed by atoms with E-state index in [1.165, 1.54) is 11.8 Å². The van der Waals surface area contributed by atoms with E-state index in [1.54, 1.807) is 25.2 Å². The maximum Gasteiger partial charge on any atom is 0.235 e. The van der Waals surface area contributed by atoms with Gasteiger partial charge in [0, 0.05) is 37.2 Å². The summed E-state index contributed by atoms with van der Waals surface area (Å²) in [6.45, 7) is 1.88. The fourth-order valence-electron chi connectivity index (χ4n) is 1.77. The first kappa shape index (κ1) is 14.9. The molecule has 4 nitrogen and oxygen atoms in total. The molecule has 0 aliphatic carbocycles. The lowest BCUT2D eigenvalue weighted by Crippen LogP contribution is -2.29. The van der Waals surface area contributed by atoms with E-state index in [1.807, 2.05) is 42.0 Å². The molecule has 0 radical (unpaired) electrons. The summed E-state index contributed by atoms with van der Waals surface area (Å²) >= 11 is 7.44. The van der Waals surface area contributed by atoms with Gasteiger partial charge < -0.3 is 4.90 Å². The number of benzene rings is 1. The molecule has 1 aromatic heterocycles. The normalized spacial score (nSPS) is 12.2. The second-order valence-electron chi connectivity index (χ2n) is 4.55. The maximum absolute atomic E-state index is 11.9. The molecule has 1 aromatic carbocycles. The van der Waals surface area contributed by atoms with Crippen LogP contribution in [0, 0.1) is 0 Å². The highest BCUT2D eigenvalue weighted by Crippen LogP contribution is 2.26. The van der Waals surface area contributed by atoms with Gasteiger partial charge in [0.2, 0.25) is 5.91 Å². The summed E-state index contributed by atoms with van der Waals surface area (Å²) in [5, 5.41) is 1.25. The number of nitrogens with zero attached hydrogens (tertiary/aromatic N) is 3. The van der Waals surface area contributed by atoms with Crippen LogP contribution in [0.2, 0.25) is 5.02 Å². The van der Waals surface area contributed by atoms with Crippen molar-refractivity contribution in [1.29, 1.82) is 0 Å². The molecule has 0 fully saturated rings. The average Bonchev–Trinajstić information content (AvgIpc) is 2.85. The van der Waals surface area contributed by atoms with Crippen LogP contribution in [0.4, 0.5) is 0 Å². The van der Waals surface area contributed by atoms with Crippen LogP contribution in [-0.2, 0) is 4.79 Å². The van der Waals surface area contributed by atoms with Gasteiger partial charge in [-0.1, -0.05) is 29.4 Å². The molecular formula is C14H16ClN3OS. The molecule has 0 bridgehead atoms. The standard InChI is InChI=1S/C14H16ClN3OS/c1-10(13(19)17(2)3)20-14-16-7-8-18(14)12-6-4-5-11(15)9-12/h4-10H,1-3H3/t10-/m0/s1. The minimum Gasteiger partial charge on any atom is -0.348 e. The Labute approximate surface area is 127 Å². The Morgan fingerprint density at radius 1 is 1.45 bits per heavy atom. The number of rotatable bonds is 4. The molecule has 0 unspecified atom stereocenters. The van der Waals surface area contributed by atoms with E-state index in [9.17, 15) is 4.79 Å². The monoisotopic (exact) mass is 309 g/mol. The van der Waals surface area contributed by atoms with E-state index in [2.05, 4.69) is 4.98 Å². The minimum absolute atomic E-state index is 0.0654. The Morgan fingerprint density at radius 2 is 2.20 bits per heavy atom. The van der Waals surface area contributed by atoms with Crippen LogP contribution in [0.3, 0.4) is 0 Å². The molecule has 0 aliphatic heterocycles. The quantitative estimate of drug-likeness (QED) is 0.815. The second kappa shape index (κ2) is 6.33. The fourth-order valence-corrected chi connectivity index (χ4v) is 2.99. The lowest BCUT2D eigenvalue weighted by atomic mass is 10.3. The zero-order chi connectivity index (χ0) is 14.7. The van der Waals surface area contributed by atoms with Crippen LogP contribution in [0.25, 0.3) is 5.69 Å². The van der Waals surface area contributed by atoms with Gasteiger partial charge in [-0.2, -0.15) is 0 Å². The predicted molar refractivity (Wildman–Crippen MR) is 82.6 cm³/mol. The average molecular weight is 310 g/mol. The Bertz CT molecular complexity index is 612. The van der Waals surface area contributed by atoms with Crippen molar-refractivity contribution in [2.75, 3.05) is 14.1 Å². The third kappa shape index (κ3) is 3.35. The summed E-state index contributed by atoms with van der Waals surface area (Å²) in [5.74, 6) is 0.0654. The van der Waals surface area contributed by atoms with Gasteiger partial charge in [0.15, 0.2) is 5.16 Å². The zero-order valence-corrected chi connectivity index (χ0v) is 13.1. The topological polar surface area (TPSA) is 38.1 Å². The molecule has 20 heavy (non-hydrogen) atoms. The van der Waals surface area contributed by atoms with Crippen molar-refractivity contribution in [1.82, 2.24) is 14.5 Å². The molecule has 1 atom stereocenters. The number of thioether (sulfide) groups is 1. The van der Waals surface area contributed by atoms with Gasteiger partial charge in [-0.3, -0.25) is 9.36 Å². The highest BCUT2D eigenvalue weighted by molar-refractivity contribution is 8.00. The van der Waals surface area contributed by atoms with Crippen molar-refractivity contribution < 1.29 is 4.79 Å². The summed E-state index contributed by atoms with van der Waals surface area (Å²) in [7, 11) is 3.51. The molecule has 2 aromatic rings. The van der Waals surface area contributed by atoms with E-state index >= 15 is 0 Å². The van der Waals surface area contributed by atoms with Gasteiger partial charge in [0.25, 0.3) is 0 Å². The third-order valence-corrected chi connectivity index (χ3v) is 4.07. The number of carbonyl (C=O) groups excluding carboxylic acids is 1. The van der Waals surface area contributed by atoms with Crippen molar-refractivity contribution in [3.63, 3.8) is 0 Å². The van der Waals surface area contributed by atoms with Gasteiger partial charge in [0.1, 0.15) is 0 Å². The van der Waals surface area contributed by atoms with Crippen LogP contribution in [0.15, 0.2) is 41.8 Å². The first-order chi connectivity index (χ1) is 9.49. The van der Waals surface area contributed by atoms with Crippen molar-refractivity contribution in [3.8, 4) is 5.69 Å². The van der Waals surface area contributed by atoms with Gasteiger partial charge in [-0.15, -0.1) is 0 Å². The van der Waals surface area contributed by atoms with Crippen LogP contribution < -0.4 is 0 Å². The van der Waals surface area contributed by atoms with E-state index < -0.39 is 0 Å². The number of carbonyl (C=O) groups is 1. The summed E-state index contributed by atoms with van der Waals surface area (Å²) in [6.07, 6.45) is 3.58. The largest absolute Gasteiger partial charge is 0.348 e. The summed E-state index contributed by atoms with van der Waals surface area (Å²) in [4.78, 5) is 17.8. The predicted octanol–water partition coefficient (Wildman–Crippen LogP) is 3.09. The van der Waals surface area contributed by atoms with Gasteiger partial charge in [0.05, 0.1) is 5.25 Å². The third-order valence-electron chi connectivity index (χ3n) is 2.76. The smallest absolute Gasteiger partial charge is 0.235 e. The Balaban J connectivity index is 2.23. The Kier molecular flexibility index (Phi) is 4.73. The van der Waals surface area contributed by atoms with Crippen molar-refractivity contribution in [2.24, 2.45) is 0 Å². The number of amides is 1. The molecule has 2 rings (SSSR count). The molecule has 6 heteroatoms. The second-order valence-corrected chi connectivity index (χ2v) is 6.30. The van der Waals surface area contributed by atoms with Crippen LogP contribution in [0.1, 0.15) is 6.92 Å². The highest BCUT2D eigenvalue weighted by Gasteiger charge is 2.19. The fraction of sp³-hybridized carbons (Fsp3) is 0.286. The molecule has 1 amide bonds. The van der Waals surface area contributed by atoms with Gasteiger partial charge in [-0.25, -0.2) is 4.98 Å². The minimum atomic E-state index is -0.190. The number of aromatic nitrogens is 2. The van der Waals surface area contributed by atoms with Crippen LogP contribution in [0.5, 0.6) is 0 Å². The molecule has 0 spiro atoms. The number of halogens is 1. The first-order valence-electron chi connectivity index (χ1n) is 6.16. The van der Waals surface area contributed by atoms with Crippen molar-refractivity contribution in [3.05, 3.63) is 41.7 Å². The lowest BCUT2D eigenvalue weighted by molar-refractivity contribution is -0.127. The molecular weight excluding hydrogens is 294 g/mol. The van der Waals surface area contributed by atoms with E-state index in [0.717, 1.165) is 10.8 Å². The molecule has 106 valence electrons. The van der Waals surface area contributed by atoms with Gasteiger partial charge in [-0.05, 0) is 25.1 Å². The van der Waals surface area contributed by atoms with Gasteiger partial charge >= 0.3 is 0 Å². The molecule has 0 N–H and O–H groups in total. The van der Waals surface area contributed by atoms with E-state index in [4.69, 9.17) is 11.6 Å². The zero-order valence-electron chi connectivity index (χ0n) is 11.6. The molecule has 1 heterocycles. The van der Waals surface area contributed by atoms with Crippen molar-refractivity contribution >= 4 is 29.3 Å². The summed E-state index contributed by atoms with van der Waals surface area (Å²) in [6, 6.07) is 7.54. The number of imidazole rings is 1. The Hall–Kier alpha value is -1.46. The van der Waals surface area contributed by atoms with E-state index in [-0.39, 0.29) is 11.2 Å². The van der Waals surface area contributed by atoms with Crippen LogP contribution in [-0.4, -0.2) is 39.7 Å². The van der Waals surface area contributed by atoms with E-state index in [0.29, 0.717) is 5.02 Å².